The van der Waals surface area contributed by atoms with Crippen LogP contribution in [0.3, 0.4) is 0 Å². The van der Waals surface area contributed by atoms with Gasteiger partial charge >= 0.3 is 65.6 Å². The Morgan fingerprint density at radius 3 is 1.78 bits per heavy atom. The van der Waals surface area contributed by atoms with Crippen LogP contribution in [0, 0.1) is 30.2 Å². The number of nitrogens with zero attached hydrogens (tertiary/aromatic N) is 1. The van der Waals surface area contributed by atoms with E-state index < -0.39 is 83.8 Å². The van der Waals surface area contributed by atoms with E-state index in [9.17, 15) is 52.0 Å². The molecule has 0 aliphatic heterocycles. The summed E-state index contributed by atoms with van der Waals surface area (Å²) in [7, 11) is -5.00. The molecule has 3 aromatic carbocycles. The molecule has 3 amide bonds. The number of hydrogen-bond donors (Lipinski definition) is 6. The van der Waals surface area contributed by atoms with Crippen LogP contribution in [0.1, 0.15) is 44.7 Å². The fourth-order valence-corrected chi connectivity index (χ4v) is 4.17. The first-order valence-electron chi connectivity index (χ1n) is 13.2. The molecule has 3 rings (SSSR count). The third-order valence-electron chi connectivity index (χ3n) is 6.46. The molecule has 0 aliphatic carbocycles. The topological polar surface area (TPSA) is 189 Å². The Labute approximate surface area is 305 Å². The van der Waals surface area contributed by atoms with Gasteiger partial charge < -0.3 is 48.0 Å². The van der Waals surface area contributed by atoms with Crippen molar-refractivity contribution in [2.75, 3.05) is 13.1 Å². The molecule has 0 unspecified atom stereocenters. The SMILES string of the molecule is [CH2-]CCCNC(=O)CN(Cc1ccc(CNC(=O)c2ccc(F)c(B(O)O)c2F)cc1)C(=O)c1ccc(F)c(B(O)O)c1F.[K+].[OH-]. The predicted molar refractivity (Wildman–Crippen MR) is 154 cm³/mol. The molecule has 0 atom stereocenters. The second-order valence-electron chi connectivity index (χ2n) is 9.61. The number of nitrogens with one attached hydrogen (secondary N) is 2. The molecule has 7 N–H and O–H groups in total. The summed E-state index contributed by atoms with van der Waals surface area (Å²) in [5, 5.41) is 42.1. The van der Waals surface area contributed by atoms with Gasteiger partial charge in [0.25, 0.3) is 11.8 Å². The molecule has 0 aromatic heterocycles. The van der Waals surface area contributed by atoms with Crippen molar-refractivity contribution in [3.8, 4) is 0 Å². The molecule has 0 radical (unpaired) electrons. The summed E-state index contributed by atoms with van der Waals surface area (Å²) >= 11 is 0. The van der Waals surface area contributed by atoms with Crippen molar-refractivity contribution in [1.29, 1.82) is 0 Å². The van der Waals surface area contributed by atoms with Crippen molar-refractivity contribution in [2.45, 2.75) is 25.9 Å². The molecule has 0 heterocycles. The van der Waals surface area contributed by atoms with E-state index in [1.807, 2.05) is 0 Å². The van der Waals surface area contributed by atoms with Crippen LogP contribution >= 0.6 is 0 Å². The third-order valence-corrected chi connectivity index (χ3v) is 6.46. The average molecular weight is 672 g/mol. The Hall–Kier alpha value is -2.64. The van der Waals surface area contributed by atoms with Crippen LogP contribution < -0.4 is 72.9 Å². The van der Waals surface area contributed by atoms with Crippen LogP contribution in [0.4, 0.5) is 17.6 Å². The van der Waals surface area contributed by atoms with Crippen LogP contribution in [0.2, 0.25) is 0 Å². The smallest absolute Gasteiger partial charge is 0.870 e. The van der Waals surface area contributed by atoms with E-state index in [4.69, 9.17) is 0 Å². The number of carbonyl (C=O) groups excluding carboxylic acids is 3. The van der Waals surface area contributed by atoms with Gasteiger partial charge in [-0.2, -0.15) is 6.42 Å². The molecular weight excluding hydrogens is 643 g/mol. The first-order chi connectivity index (χ1) is 20.8. The van der Waals surface area contributed by atoms with Crippen molar-refractivity contribution >= 4 is 42.9 Å². The maximum absolute atomic E-state index is 14.9. The van der Waals surface area contributed by atoms with Crippen LogP contribution in [-0.4, -0.2) is 75.5 Å². The maximum Gasteiger partial charge on any atom is 1.00 e. The van der Waals surface area contributed by atoms with Gasteiger partial charge in [0.1, 0.15) is 29.8 Å². The van der Waals surface area contributed by atoms with Gasteiger partial charge in [-0.25, -0.2) is 17.6 Å². The van der Waals surface area contributed by atoms with Crippen LogP contribution in [0.25, 0.3) is 0 Å². The van der Waals surface area contributed by atoms with Crippen LogP contribution in [-0.2, 0) is 17.9 Å². The van der Waals surface area contributed by atoms with Gasteiger partial charge in [-0.1, -0.05) is 30.7 Å². The van der Waals surface area contributed by atoms with Gasteiger partial charge in [0, 0.05) is 19.6 Å². The van der Waals surface area contributed by atoms with E-state index in [0.717, 1.165) is 23.1 Å². The Morgan fingerprint density at radius 1 is 0.761 bits per heavy atom. The monoisotopic (exact) mass is 672 g/mol. The summed E-state index contributed by atoms with van der Waals surface area (Å²) in [5.41, 5.74) is -2.53. The first kappa shape index (κ1) is 41.4. The van der Waals surface area contributed by atoms with Crippen molar-refractivity contribution in [1.82, 2.24) is 15.5 Å². The van der Waals surface area contributed by atoms with Crippen molar-refractivity contribution in [3.05, 3.63) is 101 Å². The Kier molecular flexibility index (Phi) is 17.3. The van der Waals surface area contributed by atoms with Crippen molar-refractivity contribution < 1.29 is 109 Å². The molecule has 0 spiro atoms. The third kappa shape index (κ3) is 10.7. The fourth-order valence-electron chi connectivity index (χ4n) is 4.17. The van der Waals surface area contributed by atoms with Gasteiger partial charge in [-0.15, -0.1) is 0 Å². The fraction of sp³-hybridized carbons (Fsp3) is 0.214. The average Bonchev–Trinajstić information content (AvgIpc) is 2.96. The molecule has 0 aliphatic rings. The minimum absolute atomic E-state index is 0. The number of hydrogen-bond acceptors (Lipinski definition) is 8. The zero-order valence-electron chi connectivity index (χ0n) is 24.6. The summed E-state index contributed by atoms with van der Waals surface area (Å²) in [5.74, 6) is -7.97. The summed E-state index contributed by atoms with van der Waals surface area (Å²) in [6, 6.07) is 9.24. The standard InChI is InChI=1S/C28H28B2F4N3O7.K.H2O/c1-2-3-12-35-22(38)15-37(28(40)19-9-11-21(32)24(26(19)34)30(43)44)14-17-6-4-16(5-7-17)13-36-27(39)18-8-10-20(31)23(25(18)33)29(41)42;;/h4-11,41-44H,1-3,12-15H2,(H,35,38)(H,36,39);;1H2/q-1;+1;/p-1. The number of rotatable bonds is 13. The van der Waals surface area contributed by atoms with Gasteiger partial charge in [-0.3, -0.25) is 14.4 Å². The van der Waals surface area contributed by atoms with Gasteiger partial charge in [0.2, 0.25) is 5.91 Å². The predicted octanol–water partition coefficient (Wildman–Crippen LogP) is -3.27. The van der Waals surface area contributed by atoms with E-state index in [1.165, 1.54) is 24.3 Å². The molecule has 18 heteroatoms. The second kappa shape index (κ2) is 19.2. The summed E-state index contributed by atoms with van der Waals surface area (Å²) in [4.78, 5) is 39.2. The second-order valence-corrected chi connectivity index (χ2v) is 9.61. The molecular formula is C28H29B2F4KN3O8-. The number of unbranched alkanes of at least 4 members (excludes halogenated alkanes) is 1. The Morgan fingerprint density at radius 2 is 1.26 bits per heavy atom. The molecule has 46 heavy (non-hydrogen) atoms. The molecule has 0 bridgehead atoms. The minimum atomic E-state index is -2.53. The Bertz CT molecular complexity index is 1520. The van der Waals surface area contributed by atoms with Crippen molar-refractivity contribution in [2.24, 2.45) is 0 Å². The van der Waals surface area contributed by atoms with Crippen LogP contribution in [0.15, 0.2) is 48.5 Å². The van der Waals surface area contributed by atoms with E-state index in [-0.39, 0.29) is 76.5 Å². The van der Waals surface area contributed by atoms with E-state index in [0.29, 0.717) is 30.0 Å². The largest absolute Gasteiger partial charge is 1.00 e. The number of benzene rings is 3. The van der Waals surface area contributed by atoms with E-state index in [2.05, 4.69) is 17.6 Å². The maximum atomic E-state index is 14.9. The summed E-state index contributed by atoms with van der Waals surface area (Å²) < 4.78 is 57.1. The molecule has 0 saturated heterocycles. The number of halogens is 4. The van der Waals surface area contributed by atoms with Crippen molar-refractivity contribution in [3.63, 3.8) is 0 Å². The van der Waals surface area contributed by atoms with Gasteiger partial charge in [-0.05, 0) is 35.4 Å². The van der Waals surface area contributed by atoms with E-state index in [1.54, 1.807) is 0 Å². The first-order valence-corrected chi connectivity index (χ1v) is 13.2. The quantitative estimate of drug-likeness (QED) is 0.0472. The summed E-state index contributed by atoms with van der Waals surface area (Å²) in [6.07, 6.45) is 1.12. The van der Waals surface area contributed by atoms with Crippen LogP contribution in [0.5, 0.6) is 0 Å². The normalized spacial score (nSPS) is 10.3. The molecule has 11 nitrogen and oxygen atoms in total. The number of carbonyl (C=O) groups is 3. The number of amides is 3. The molecule has 0 fully saturated rings. The molecule has 240 valence electrons. The zero-order chi connectivity index (χ0) is 32.6. The van der Waals surface area contributed by atoms with Gasteiger partial charge in [0.15, 0.2) is 0 Å². The zero-order valence-corrected chi connectivity index (χ0v) is 27.8. The summed E-state index contributed by atoms with van der Waals surface area (Å²) in [6.45, 7) is 3.07. The minimum Gasteiger partial charge on any atom is -0.870 e. The van der Waals surface area contributed by atoms with E-state index >= 15 is 0 Å². The Balaban J connectivity index is 0.00000529. The van der Waals surface area contributed by atoms with Gasteiger partial charge in [0.05, 0.1) is 22.1 Å². The molecule has 3 aromatic rings. The molecule has 0 saturated carbocycles.